The van der Waals surface area contributed by atoms with Crippen LogP contribution in [-0.4, -0.2) is 12.0 Å². The lowest BCUT2D eigenvalue weighted by molar-refractivity contribution is 0.592. The van der Waals surface area contributed by atoms with E-state index in [1.165, 1.54) is 5.56 Å². The van der Waals surface area contributed by atoms with Crippen molar-refractivity contribution < 1.29 is 0 Å². The van der Waals surface area contributed by atoms with Crippen LogP contribution < -0.4 is 5.32 Å². The molecule has 1 aromatic carbocycles. The highest BCUT2D eigenvalue weighted by molar-refractivity contribution is 6.36. The van der Waals surface area contributed by atoms with Crippen LogP contribution in [0.3, 0.4) is 0 Å². The van der Waals surface area contributed by atoms with E-state index in [-0.39, 0.29) is 6.04 Å². The topological polar surface area (TPSA) is 24.9 Å². The number of halogens is 2. The van der Waals surface area contributed by atoms with E-state index in [9.17, 15) is 0 Å². The van der Waals surface area contributed by atoms with Crippen LogP contribution in [0.5, 0.6) is 0 Å². The third kappa shape index (κ3) is 3.02. The molecule has 0 radical (unpaired) electrons. The number of nitrogens with one attached hydrogen (secondary N) is 1. The summed E-state index contributed by atoms with van der Waals surface area (Å²) in [7, 11) is 1.91. The van der Waals surface area contributed by atoms with Crippen LogP contribution in [0.15, 0.2) is 42.7 Å². The summed E-state index contributed by atoms with van der Waals surface area (Å²) >= 11 is 12.5. The Morgan fingerprint density at radius 1 is 1.11 bits per heavy atom. The van der Waals surface area contributed by atoms with Crippen LogP contribution in [0.2, 0.25) is 10.0 Å². The van der Waals surface area contributed by atoms with Gasteiger partial charge in [0.2, 0.25) is 0 Å². The second-order valence-corrected chi connectivity index (χ2v) is 4.85. The van der Waals surface area contributed by atoms with Crippen LogP contribution in [-0.2, 0) is 6.42 Å². The van der Waals surface area contributed by atoms with Crippen LogP contribution >= 0.6 is 23.2 Å². The van der Waals surface area contributed by atoms with Gasteiger partial charge in [0.15, 0.2) is 0 Å². The number of likely N-dealkylation sites (N-methyl/N-ethyl adjacent to an activating group) is 1. The second kappa shape index (κ2) is 6.19. The fraction of sp³-hybridized carbons (Fsp3) is 0.214. The number of hydrogen-bond acceptors (Lipinski definition) is 2. The highest BCUT2D eigenvalue weighted by atomic mass is 35.5. The minimum absolute atomic E-state index is 0.0913. The molecule has 0 aliphatic carbocycles. The van der Waals surface area contributed by atoms with Gasteiger partial charge in [-0.15, -0.1) is 0 Å². The zero-order valence-corrected chi connectivity index (χ0v) is 11.5. The normalized spacial score (nSPS) is 12.4. The van der Waals surface area contributed by atoms with Crippen molar-refractivity contribution in [2.75, 3.05) is 7.05 Å². The summed E-state index contributed by atoms with van der Waals surface area (Å²) in [6, 6.07) is 9.66. The van der Waals surface area contributed by atoms with Crippen molar-refractivity contribution in [1.29, 1.82) is 0 Å². The van der Waals surface area contributed by atoms with Crippen molar-refractivity contribution in [3.8, 4) is 0 Å². The maximum Gasteiger partial charge on any atom is 0.0468 e. The van der Waals surface area contributed by atoms with E-state index in [2.05, 4.69) is 10.3 Å². The minimum atomic E-state index is 0.0913. The lowest BCUT2D eigenvalue weighted by Gasteiger charge is -2.19. The van der Waals surface area contributed by atoms with E-state index in [4.69, 9.17) is 23.2 Å². The average molecular weight is 281 g/mol. The van der Waals surface area contributed by atoms with Gasteiger partial charge in [-0.3, -0.25) is 4.98 Å². The van der Waals surface area contributed by atoms with Crippen molar-refractivity contribution in [3.63, 3.8) is 0 Å². The van der Waals surface area contributed by atoms with Crippen LogP contribution in [0.25, 0.3) is 0 Å². The fourth-order valence-electron chi connectivity index (χ4n) is 1.95. The molecule has 2 aromatic rings. The smallest absolute Gasteiger partial charge is 0.0468 e. The van der Waals surface area contributed by atoms with Crippen molar-refractivity contribution in [1.82, 2.24) is 10.3 Å². The highest BCUT2D eigenvalue weighted by Crippen LogP contribution is 2.31. The highest BCUT2D eigenvalue weighted by Gasteiger charge is 2.16. The molecule has 2 nitrogen and oxygen atoms in total. The summed E-state index contributed by atoms with van der Waals surface area (Å²) in [6.07, 6.45) is 4.40. The zero-order chi connectivity index (χ0) is 13.0. The minimum Gasteiger partial charge on any atom is -0.313 e. The monoisotopic (exact) mass is 280 g/mol. The first-order chi connectivity index (χ1) is 8.72. The van der Waals surface area contributed by atoms with Gasteiger partial charge in [0.05, 0.1) is 0 Å². The molecule has 0 aliphatic rings. The molecule has 0 fully saturated rings. The quantitative estimate of drug-likeness (QED) is 0.919. The standard InChI is InChI=1S/C14H14Cl2N2/c1-17-13(9-10-5-7-18-8-6-10)14-11(15)3-2-4-12(14)16/h2-8,13,17H,9H2,1H3. The largest absolute Gasteiger partial charge is 0.313 e. The maximum atomic E-state index is 6.23. The SMILES string of the molecule is CNC(Cc1ccncc1)c1c(Cl)cccc1Cl. The van der Waals surface area contributed by atoms with Gasteiger partial charge in [0.25, 0.3) is 0 Å². The van der Waals surface area contributed by atoms with E-state index < -0.39 is 0 Å². The average Bonchev–Trinajstić information content (AvgIpc) is 2.38. The molecule has 1 aromatic heterocycles. The Morgan fingerprint density at radius 3 is 2.28 bits per heavy atom. The molecule has 1 N–H and O–H groups in total. The van der Waals surface area contributed by atoms with Crippen molar-refractivity contribution in [2.45, 2.75) is 12.5 Å². The van der Waals surface area contributed by atoms with E-state index >= 15 is 0 Å². The Kier molecular flexibility index (Phi) is 4.59. The number of nitrogens with zero attached hydrogens (tertiary/aromatic N) is 1. The van der Waals surface area contributed by atoms with E-state index in [1.807, 2.05) is 37.4 Å². The van der Waals surface area contributed by atoms with Crippen LogP contribution in [0.4, 0.5) is 0 Å². The summed E-state index contributed by atoms with van der Waals surface area (Å²) in [6.45, 7) is 0. The molecule has 94 valence electrons. The summed E-state index contributed by atoms with van der Waals surface area (Å²) in [4.78, 5) is 4.01. The van der Waals surface area contributed by atoms with Gasteiger partial charge < -0.3 is 5.32 Å². The third-order valence-electron chi connectivity index (χ3n) is 2.89. The molecule has 1 heterocycles. The molecule has 2 rings (SSSR count). The first-order valence-electron chi connectivity index (χ1n) is 5.72. The second-order valence-electron chi connectivity index (χ2n) is 4.04. The van der Waals surface area contributed by atoms with Gasteiger partial charge in [-0.2, -0.15) is 0 Å². The Balaban J connectivity index is 2.29. The molecular formula is C14H14Cl2N2. The predicted octanol–water partition coefficient (Wildman–Crippen LogP) is 3.89. The number of pyridine rings is 1. The first-order valence-corrected chi connectivity index (χ1v) is 6.48. The fourth-order valence-corrected chi connectivity index (χ4v) is 2.61. The number of aromatic nitrogens is 1. The molecular weight excluding hydrogens is 267 g/mol. The molecule has 0 aliphatic heterocycles. The van der Waals surface area contributed by atoms with E-state index in [0.29, 0.717) is 10.0 Å². The number of benzene rings is 1. The Morgan fingerprint density at radius 2 is 1.72 bits per heavy atom. The van der Waals surface area contributed by atoms with Gasteiger partial charge in [-0.25, -0.2) is 0 Å². The molecule has 1 unspecified atom stereocenters. The predicted molar refractivity (Wildman–Crippen MR) is 76.2 cm³/mol. The lowest BCUT2D eigenvalue weighted by atomic mass is 9.99. The number of rotatable bonds is 4. The molecule has 0 saturated carbocycles. The third-order valence-corrected chi connectivity index (χ3v) is 3.54. The van der Waals surface area contributed by atoms with Gasteiger partial charge in [0, 0.05) is 34.0 Å². The zero-order valence-electron chi connectivity index (χ0n) is 10.0. The Bertz CT molecular complexity index is 494. The Hall–Kier alpha value is -1.09. The lowest BCUT2D eigenvalue weighted by Crippen LogP contribution is -2.19. The molecule has 0 bridgehead atoms. The van der Waals surface area contributed by atoms with Gasteiger partial charge in [-0.05, 0) is 43.3 Å². The van der Waals surface area contributed by atoms with Crippen molar-refractivity contribution in [2.24, 2.45) is 0 Å². The molecule has 0 spiro atoms. The first kappa shape index (κ1) is 13.3. The summed E-state index contributed by atoms with van der Waals surface area (Å²) < 4.78 is 0. The Labute approximate surface area is 117 Å². The number of hydrogen-bond donors (Lipinski definition) is 1. The molecule has 0 saturated heterocycles. The van der Waals surface area contributed by atoms with Gasteiger partial charge in [0.1, 0.15) is 0 Å². The molecule has 0 amide bonds. The van der Waals surface area contributed by atoms with Crippen molar-refractivity contribution in [3.05, 3.63) is 63.9 Å². The van der Waals surface area contributed by atoms with E-state index in [0.717, 1.165) is 12.0 Å². The van der Waals surface area contributed by atoms with Gasteiger partial charge >= 0.3 is 0 Å². The summed E-state index contributed by atoms with van der Waals surface area (Å²) in [5, 5.41) is 4.64. The molecule has 18 heavy (non-hydrogen) atoms. The van der Waals surface area contributed by atoms with Crippen LogP contribution in [0.1, 0.15) is 17.2 Å². The van der Waals surface area contributed by atoms with Crippen molar-refractivity contribution >= 4 is 23.2 Å². The summed E-state index contributed by atoms with van der Waals surface area (Å²) in [5.74, 6) is 0. The van der Waals surface area contributed by atoms with E-state index in [1.54, 1.807) is 12.4 Å². The molecule has 1 atom stereocenters. The maximum absolute atomic E-state index is 6.23. The van der Waals surface area contributed by atoms with Gasteiger partial charge in [-0.1, -0.05) is 29.3 Å². The molecule has 4 heteroatoms. The van der Waals surface area contributed by atoms with Crippen LogP contribution in [0, 0.1) is 0 Å². The summed E-state index contributed by atoms with van der Waals surface area (Å²) in [5.41, 5.74) is 2.14.